The van der Waals surface area contributed by atoms with Crippen LogP contribution in [0.1, 0.15) is 25.8 Å². The van der Waals surface area contributed by atoms with Gasteiger partial charge in [0.25, 0.3) is 0 Å². The number of hydrogen-bond donors (Lipinski definition) is 2. The summed E-state index contributed by atoms with van der Waals surface area (Å²) in [5.74, 6) is -2.87. The fourth-order valence-electron chi connectivity index (χ4n) is 2.03. The van der Waals surface area contributed by atoms with Gasteiger partial charge in [0.15, 0.2) is 0 Å². The number of aliphatic carboxylic acids is 1. The molecule has 7 nitrogen and oxygen atoms in total. The number of carbonyl (C=O) groups excluding carboxylic acids is 2. The van der Waals surface area contributed by atoms with Crippen molar-refractivity contribution in [2.24, 2.45) is 5.92 Å². The molecule has 0 fully saturated rings. The summed E-state index contributed by atoms with van der Waals surface area (Å²) >= 11 is 0. The van der Waals surface area contributed by atoms with Gasteiger partial charge in [-0.25, -0.2) is 4.79 Å². The van der Waals surface area contributed by atoms with E-state index in [0.717, 1.165) is 5.56 Å². The molecule has 0 aliphatic rings. The maximum atomic E-state index is 11.8. The lowest BCUT2D eigenvalue weighted by Crippen LogP contribution is -2.44. The van der Waals surface area contributed by atoms with Gasteiger partial charge < -0.3 is 19.9 Å². The fraction of sp³-hybridized carbons (Fsp3) is 0.471. The van der Waals surface area contributed by atoms with E-state index in [2.05, 4.69) is 5.32 Å². The van der Waals surface area contributed by atoms with Crippen molar-refractivity contribution in [2.45, 2.75) is 32.9 Å². The van der Waals surface area contributed by atoms with Crippen LogP contribution in [0, 0.1) is 5.92 Å². The maximum Gasteiger partial charge on any atom is 0.326 e. The number of carboxylic acid groups (broad SMARTS) is 1. The van der Waals surface area contributed by atoms with Crippen LogP contribution in [0.25, 0.3) is 0 Å². The van der Waals surface area contributed by atoms with E-state index < -0.39 is 29.8 Å². The molecule has 2 atom stereocenters. The lowest BCUT2D eigenvalue weighted by molar-refractivity contribution is -0.149. The Balaban J connectivity index is 2.42. The van der Waals surface area contributed by atoms with E-state index in [-0.39, 0.29) is 26.2 Å². The first-order chi connectivity index (χ1) is 11.4. The fourth-order valence-corrected chi connectivity index (χ4v) is 2.03. The largest absolute Gasteiger partial charge is 0.480 e. The average molecular weight is 337 g/mol. The minimum absolute atomic E-state index is 0.0431. The molecule has 0 spiro atoms. The number of carbonyl (C=O) groups is 3. The summed E-state index contributed by atoms with van der Waals surface area (Å²) in [5, 5.41) is 11.5. The van der Waals surface area contributed by atoms with Crippen molar-refractivity contribution in [1.29, 1.82) is 0 Å². The Kier molecular flexibility index (Phi) is 8.49. The number of benzene rings is 1. The van der Waals surface area contributed by atoms with Gasteiger partial charge in [-0.3, -0.25) is 9.59 Å². The first kappa shape index (κ1) is 19.6. The monoisotopic (exact) mass is 337 g/mol. The van der Waals surface area contributed by atoms with Crippen molar-refractivity contribution in [3.8, 4) is 0 Å². The summed E-state index contributed by atoms with van der Waals surface area (Å²) in [6.07, 6.45) is -0.0431. The van der Waals surface area contributed by atoms with Crippen LogP contribution in [0.2, 0.25) is 0 Å². The molecule has 0 aliphatic carbocycles. The molecule has 7 heteroatoms. The molecule has 2 N–H and O–H groups in total. The molecular formula is C17H23NO6. The van der Waals surface area contributed by atoms with Crippen LogP contribution in [0.5, 0.6) is 0 Å². The molecule has 0 aliphatic heterocycles. The molecule has 0 heterocycles. The molecule has 1 rings (SSSR count). The molecule has 0 radical (unpaired) electrons. The third-order valence-corrected chi connectivity index (χ3v) is 3.26. The normalized spacial score (nSPS) is 12.9. The van der Waals surface area contributed by atoms with Crippen LogP contribution >= 0.6 is 0 Å². The van der Waals surface area contributed by atoms with Crippen LogP contribution in [-0.2, 0) is 30.5 Å². The lowest BCUT2D eigenvalue weighted by Gasteiger charge is -2.18. The highest BCUT2D eigenvalue weighted by atomic mass is 16.5. The number of rotatable bonds is 10. The Morgan fingerprint density at radius 1 is 1.21 bits per heavy atom. The number of esters is 1. The van der Waals surface area contributed by atoms with E-state index in [4.69, 9.17) is 9.47 Å². The summed E-state index contributed by atoms with van der Waals surface area (Å²) < 4.78 is 10.1. The highest BCUT2D eigenvalue weighted by Gasteiger charge is 2.26. The van der Waals surface area contributed by atoms with E-state index >= 15 is 0 Å². The second-order valence-corrected chi connectivity index (χ2v) is 5.33. The quantitative estimate of drug-likeness (QED) is 0.625. The van der Waals surface area contributed by atoms with Crippen LogP contribution in [0.4, 0.5) is 0 Å². The van der Waals surface area contributed by atoms with Crippen molar-refractivity contribution in [3.63, 3.8) is 0 Å². The van der Waals surface area contributed by atoms with Gasteiger partial charge in [0.1, 0.15) is 12.6 Å². The lowest BCUT2D eigenvalue weighted by atomic mass is 10.0. The number of carboxylic acids is 1. The van der Waals surface area contributed by atoms with Crippen LogP contribution in [-0.4, -0.2) is 42.2 Å². The Bertz CT molecular complexity index is 545. The molecule has 0 bridgehead atoms. The Morgan fingerprint density at radius 3 is 2.46 bits per heavy atom. The van der Waals surface area contributed by atoms with Crippen LogP contribution < -0.4 is 5.32 Å². The van der Waals surface area contributed by atoms with Gasteiger partial charge >= 0.3 is 11.9 Å². The Labute approximate surface area is 141 Å². The van der Waals surface area contributed by atoms with Gasteiger partial charge in [-0.2, -0.15) is 0 Å². The molecular weight excluding hydrogens is 314 g/mol. The summed E-state index contributed by atoms with van der Waals surface area (Å²) in [7, 11) is 0. The first-order valence-corrected chi connectivity index (χ1v) is 7.74. The molecule has 1 amide bonds. The molecule has 0 saturated carbocycles. The van der Waals surface area contributed by atoms with E-state index in [9.17, 15) is 19.5 Å². The maximum absolute atomic E-state index is 11.8. The van der Waals surface area contributed by atoms with Crippen molar-refractivity contribution in [1.82, 2.24) is 5.32 Å². The van der Waals surface area contributed by atoms with E-state index in [1.807, 2.05) is 30.3 Å². The van der Waals surface area contributed by atoms with Crippen LogP contribution in [0.3, 0.4) is 0 Å². The number of amides is 1. The third kappa shape index (κ3) is 7.23. The number of hydrogen-bond acceptors (Lipinski definition) is 5. The minimum atomic E-state index is -1.21. The Hall–Kier alpha value is -2.41. The van der Waals surface area contributed by atoms with E-state index in [1.54, 1.807) is 13.8 Å². The van der Waals surface area contributed by atoms with Gasteiger partial charge in [-0.05, 0) is 18.9 Å². The smallest absolute Gasteiger partial charge is 0.326 e. The zero-order valence-electron chi connectivity index (χ0n) is 13.9. The average Bonchev–Trinajstić information content (AvgIpc) is 2.55. The molecule has 0 saturated heterocycles. The van der Waals surface area contributed by atoms with E-state index in [1.165, 1.54) is 0 Å². The Morgan fingerprint density at radius 2 is 1.88 bits per heavy atom. The molecule has 24 heavy (non-hydrogen) atoms. The summed E-state index contributed by atoms with van der Waals surface area (Å²) in [6.45, 7) is 3.45. The highest BCUT2D eigenvalue weighted by Crippen LogP contribution is 2.09. The molecule has 1 aromatic rings. The van der Waals surface area contributed by atoms with Crippen LogP contribution in [0.15, 0.2) is 30.3 Å². The van der Waals surface area contributed by atoms with Gasteiger partial charge in [0.2, 0.25) is 5.91 Å². The predicted molar refractivity (Wildman–Crippen MR) is 86.1 cm³/mol. The second-order valence-electron chi connectivity index (χ2n) is 5.33. The zero-order chi connectivity index (χ0) is 17.9. The van der Waals surface area contributed by atoms with Gasteiger partial charge in [0, 0.05) is 0 Å². The third-order valence-electron chi connectivity index (χ3n) is 3.26. The number of nitrogens with one attached hydrogen (secondary N) is 1. The molecule has 0 unspecified atom stereocenters. The van der Waals surface area contributed by atoms with Gasteiger partial charge in [-0.15, -0.1) is 0 Å². The molecule has 132 valence electrons. The topological polar surface area (TPSA) is 102 Å². The van der Waals surface area contributed by atoms with Crippen molar-refractivity contribution >= 4 is 17.8 Å². The standard InChI is InChI=1S/C17H23NO6/c1-3-24-17(22)12(2)9-14(16(20)21)18-15(19)11-23-10-13-7-5-4-6-8-13/h4-8,12,14H,3,9-11H2,1-2H3,(H,18,19)(H,20,21)/t12-,14-/m1/s1. The first-order valence-electron chi connectivity index (χ1n) is 7.74. The van der Waals surface area contributed by atoms with E-state index in [0.29, 0.717) is 0 Å². The molecule has 1 aromatic carbocycles. The van der Waals surface area contributed by atoms with Crippen molar-refractivity contribution in [3.05, 3.63) is 35.9 Å². The highest BCUT2D eigenvalue weighted by molar-refractivity contribution is 5.84. The second kappa shape index (κ2) is 10.4. The van der Waals surface area contributed by atoms with Gasteiger partial charge in [-0.1, -0.05) is 37.3 Å². The zero-order valence-corrected chi connectivity index (χ0v) is 13.9. The predicted octanol–water partition coefficient (Wildman–Crippen LogP) is 1.36. The summed E-state index contributed by atoms with van der Waals surface area (Å²) in [5.41, 5.74) is 0.913. The summed E-state index contributed by atoms with van der Waals surface area (Å²) in [6, 6.07) is 8.14. The van der Waals surface area contributed by atoms with Crippen molar-refractivity contribution in [2.75, 3.05) is 13.2 Å². The molecule has 0 aromatic heterocycles. The SMILES string of the molecule is CCOC(=O)[C@H](C)C[C@@H](NC(=O)COCc1ccccc1)C(=O)O. The van der Waals surface area contributed by atoms with Gasteiger partial charge in [0.05, 0.1) is 19.1 Å². The van der Waals surface area contributed by atoms with Crippen molar-refractivity contribution < 1.29 is 29.0 Å². The summed E-state index contributed by atoms with van der Waals surface area (Å²) in [4.78, 5) is 34.6. The number of ether oxygens (including phenoxy) is 2. The minimum Gasteiger partial charge on any atom is -0.480 e.